The van der Waals surface area contributed by atoms with E-state index in [0.29, 0.717) is 12.0 Å². The van der Waals surface area contributed by atoms with Crippen LogP contribution >= 0.6 is 0 Å². The maximum absolute atomic E-state index is 15.0. The van der Waals surface area contributed by atoms with Gasteiger partial charge in [0.25, 0.3) is 5.91 Å². The number of halogens is 1. The fourth-order valence-corrected chi connectivity index (χ4v) is 3.70. The maximum atomic E-state index is 15.0. The first-order valence-corrected chi connectivity index (χ1v) is 8.67. The highest BCUT2D eigenvalue weighted by molar-refractivity contribution is 7.85. The Morgan fingerprint density at radius 2 is 2.19 bits per heavy atom. The third kappa shape index (κ3) is 3.25. The van der Waals surface area contributed by atoms with Crippen LogP contribution in [0.3, 0.4) is 0 Å². The van der Waals surface area contributed by atoms with Crippen LogP contribution in [0.1, 0.15) is 5.56 Å². The summed E-state index contributed by atoms with van der Waals surface area (Å²) >= 11 is -1.98. The van der Waals surface area contributed by atoms with E-state index in [1.165, 1.54) is 17.0 Å². The van der Waals surface area contributed by atoms with Crippen LogP contribution in [0.2, 0.25) is 0 Å². The van der Waals surface area contributed by atoms with Gasteiger partial charge in [-0.2, -0.15) is 0 Å². The first-order valence-electron chi connectivity index (χ1n) is 7.57. The number of carbonyl (C=O) groups excluding carboxylic acids is 3. The SMILES string of the molecule is O=CNCC(=O)N1CC=C(c2ccc(O)c(N3CC(=O)NS3=O)c2F)C1. The van der Waals surface area contributed by atoms with Crippen molar-refractivity contribution in [3.8, 4) is 5.75 Å². The van der Waals surface area contributed by atoms with Crippen molar-refractivity contribution in [3.05, 3.63) is 29.6 Å². The minimum absolute atomic E-state index is 0.126. The lowest BCUT2D eigenvalue weighted by Gasteiger charge is -2.19. The van der Waals surface area contributed by atoms with Crippen molar-refractivity contribution in [2.45, 2.75) is 0 Å². The monoisotopic (exact) mass is 382 g/mol. The van der Waals surface area contributed by atoms with Crippen LogP contribution in [0.25, 0.3) is 5.57 Å². The molecule has 1 unspecified atom stereocenters. The summed E-state index contributed by atoms with van der Waals surface area (Å²) in [6.45, 7) is -0.128. The van der Waals surface area contributed by atoms with E-state index in [2.05, 4.69) is 10.0 Å². The number of benzene rings is 1. The lowest BCUT2D eigenvalue weighted by molar-refractivity contribution is -0.130. The van der Waals surface area contributed by atoms with E-state index in [1.807, 2.05) is 0 Å². The van der Waals surface area contributed by atoms with E-state index in [1.54, 1.807) is 6.08 Å². The molecule has 2 heterocycles. The average molecular weight is 382 g/mol. The molecule has 26 heavy (non-hydrogen) atoms. The summed E-state index contributed by atoms with van der Waals surface area (Å²) in [7, 11) is 0. The largest absolute Gasteiger partial charge is 0.506 e. The van der Waals surface area contributed by atoms with Gasteiger partial charge in [-0.25, -0.2) is 8.60 Å². The summed E-state index contributed by atoms with van der Waals surface area (Å²) in [5, 5.41) is 12.3. The van der Waals surface area contributed by atoms with Gasteiger partial charge in [0.2, 0.25) is 23.5 Å². The van der Waals surface area contributed by atoms with Crippen LogP contribution in [-0.4, -0.2) is 58.6 Å². The lowest BCUT2D eigenvalue weighted by atomic mass is 10.0. The molecule has 1 saturated heterocycles. The molecule has 2 aliphatic rings. The van der Waals surface area contributed by atoms with Crippen LogP contribution in [0.4, 0.5) is 10.1 Å². The third-order valence-electron chi connectivity index (χ3n) is 3.99. The molecule has 3 N–H and O–H groups in total. The predicted octanol–water partition coefficient (Wildman–Crippen LogP) is -0.982. The number of hydrogen-bond acceptors (Lipinski definition) is 5. The smallest absolute Gasteiger partial charge is 0.253 e. The Labute approximate surface area is 150 Å². The molecule has 3 rings (SSSR count). The molecule has 0 bridgehead atoms. The van der Waals surface area contributed by atoms with Gasteiger partial charge in [-0.05, 0) is 17.7 Å². The Kier molecular flexibility index (Phi) is 4.89. The van der Waals surface area contributed by atoms with Crippen molar-refractivity contribution in [1.29, 1.82) is 0 Å². The zero-order chi connectivity index (χ0) is 18.8. The molecule has 9 nitrogen and oxygen atoms in total. The number of phenolic OH excluding ortho intramolecular Hbond substituents is 1. The molecule has 3 amide bonds. The number of carbonyl (C=O) groups is 3. The summed E-state index contributed by atoms with van der Waals surface area (Å²) in [6.07, 6.45) is 2.07. The summed E-state index contributed by atoms with van der Waals surface area (Å²) in [4.78, 5) is 35.0. The minimum atomic E-state index is -1.98. The summed E-state index contributed by atoms with van der Waals surface area (Å²) in [5.74, 6) is -2.15. The summed E-state index contributed by atoms with van der Waals surface area (Å²) in [5.41, 5.74) is 0.299. The molecule has 0 spiro atoms. The van der Waals surface area contributed by atoms with Gasteiger partial charge in [0.05, 0.1) is 6.54 Å². The normalized spacial score (nSPS) is 19.3. The number of nitrogens with zero attached hydrogens (tertiary/aromatic N) is 2. The predicted molar refractivity (Wildman–Crippen MR) is 90.3 cm³/mol. The van der Waals surface area contributed by atoms with E-state index < -0.39 is 28.6 Å². The van der Waals surface area contributed by atoms with Gasteiger partial charge in [-0.3, -0.25) is 23.4 Å². The molecular formula is C15H15FN4O5S. The standard InChI is InChI=1S/C15H15FN4O5S/c16-14-10(9-3-4-19(6-9)13(24)5-17-8-21)1-2-11(22)15(14)20-7-12(23)18-26(20)25/h1-3,8,22H,4-7H2,(H,17,21)(H,18,23). The number of anilines is 1. The van der Waals surface area contributed by atoms with Crippen LogP contribution in [0, 0.1) is 5.82 Å². The molecular weight excluding hydrogens is 367 g/mol. The van der Waals surface area contributed by atoms with Gasteiger partial charge in [-0.15, -0.1) is 0 Å². The maximum Gasteiger partial charge on any atom is 0.253 e. The molecule has 1 aromatic carbocycles. The van der Waals surface area contributed by atoms with Crippen molar-refractivity contribution in [3.63, 3.8) is 0 Å². The van der Waals surface area contributed by atoms with Gasteiger partial charge in [0, 0.05) is 18.7 Å². The molecule has 1 aromatic rings. The number of rotatable bonds is 5. The van der Waals surface area contributed by atoms with Crippen molar-refractivity contribution in [2.75, 3.05) is 30.5 Å². The van der Waals surface area contributed by atoms with Crippen LogP contribution in [0.15, 0.2) is 18.2 Å². The Balaban J connectivity index is 1.85. The van der Waals surface area contributed by atoms with E-state index in [0.717, 1.165) is 4.31 Å². The first kappa shape index (κ1) is 17.9. The molecule has 11 heteroatoms. The summed E-state index contributed by atoms with van der Waals surface area (Å²) < 4.78 is 29.9. The molecule has 2 aliphatic heterocycles. The van der Waals surface area contributed by atoms with Gasteiger partial charge in [0.1, 0.15) is 18.0 Å². The topological polar surface area (TPSA) is 119 Å². The van der Waals surface area contributed by atoms with Crippen molar-refractivity contribution in [2.24, 2.45) is 0 Å². The second kappa shape index (κ2) is 7.12. The fourth-order valence-electron chi connectivity index (χ4n) is 2.76. The minimum Gasteiger partial charge on any atom is -0.506 e. The van der Waals surface area contributed by atoms with Crippen LogP contribution in [-0.2, 0) is 25.6 Å². The van der Waals surface area contributed by atoms with Crippen molar-refractivity contribution < 1.29 is 28.1 Å². The van der Waals surface area contributed by atoms with E-state index in [4.69, 9.17) is 0 Å². The summed E-state index contributed by atoms with van der Waals surface area (Å²) in [6, 6.07) is 2.60. The molecule has 0 aliphatic carbocycles. The fraction of sp³-hybridized carbons (Fsp3) is 0.267. The van der Waals surface area contributed by atoms with Gasteiger partial charge < -0.3 is 15.3 Å². The Hall–Kier alpha value is -2.95. The van der Waals surface area contributed by atoms with Gasteiger partial charge in [0.15, 0.2) is 5.82 Å². The zero-order valence-corrected chi connectivity index (χ0v) is 14.2. The molecule has 1 atom stereocenters. The average Bonchev–Trinajstić information content (AvgIpc) is 3.20. The zero-order valence-electron chi connectivity index (χ0n) is 13.4. The molecule has 0 saturated carbocycles. The second-order valence-corrected chi connectivity index (χ2v) is 6.75. The van der Waals surface area contributed by atoms with E-state index in [9.17, 15) is 28.1 Å². The number of hydrogen-bond donors (Lipinski definition) is 3. The Morgan fingerprint density at radius 1 is 1.42 bits per heavy atom. The molecule has 0 radical (unpaired) electrons. The Morgan fingerprint density at radius 3 is 2.85 bits per heavy atom. The van der Waals surface area contributed by atoms with Gasteiger partial charge in [-0.1, -0.05) is 6.08 Å². The van der Waals surface area contributed by atoms with Crippen molar-refractivity contribution in [1.82, 2.24) is 14.9 Å². The third-order valence-corrected chi connectivity index (χ3v) is 5.10. The van der Waals surface area contributed by atoms with Crippen LogP contribution in [0.5, 0.6) is 5.75 Å². The highest BCUT2D eigenvalue weighted by Gasteiger charge is 2.33. The second-order valence-electron chi connectivity index (χ2n) is 5.61. The number of nitrogens with one attached hydrogen (secondary N) is 2. The van der Waals surface area contributed by atoms with Gasteiger partial charge >= 0.3 is 0 Å². The van der Waals surface area contributed by atoms with E-state index in [-0.39, 0.29) is 43.3 Å². The van der Waals surface area contributed by atoms with E-state index >= 15 is 0 Å². The quantitative estimate of drug-likeness (QED) is 0.566. The molecule has 0 aromatic heterocycles. The number of amides is 3. The highest BCUT2D eigenvalue weighted by Crippen LogP contribution is 2.37. The first-order chi connectivity index (χ1) is 12.4. The Bertz CT molecular complexity index is 844. The highest BCUT2D eigenvalue weighted by atomic mass is 32.2. The lowest BCUT2D eigenvalue weighted by Crippen LogP contribution is -2.36. The van der Waals surface area contributed by atoms with Crippen molar-refractivity contribution >= 4 is 40.7 Å². The molecule has 138 valence electrons. The number of aromatic hydroxyl groups is 1. The molecule has 1 fully saturated rings. The van der Waals surface area contributed by atoms with Crippen LogP contribution < -0.4 is 14.3 Å². The number of phenols is 1.